The van der Waals surface area contributed by atoms with Gasteiger partial charge in [-0.3, -0.25) is 5.10 Å². The van der Waals surface area contributed by atoms with Crippen molar-refractivity contribution >= 4 is 5.95 Å². The van der Waals surface area contributed by atoms with E-state index in [9.17, 15) is 4.39 Å². The summed E-state index contributed by atoms with van der Waals surface area (Å²) in [6.07, 6.45) is 0.464. The Bertz CT molecular complexity index is 564. The number of halogens is 1. The third-order valence-electron chi connectivity index (χ3n) is 2.47. The van der Waals surface area contributed by atoms with Gasteiger partial charge in [-0.1, -0.05) is 0 Å². The molecule has 2 aromatic rings. The molecule has 1 aromatic heterocycles. The zero-order valence-electron chi connectivity index (χ0n) is 10.1. The zero-order chi connectivity index (χ0) is 13.7. The van der Waals surface area contributed by atoms with Crippen LogP contribution in [0.1, 0.15) is 0 Å². The number of hydrogen-bond acceptors (Lipinski definition) is 5. The number of nitrogens with zero attached hydrogens (tertiary/aromatic N) is 2. The summed E-state index contributed by atoms with van der Waals surface area (Å²) < 4.78 is 17.7. The first-order valence-corrected chi connectivity index (χ1v) is 5.62. The van der Waals surface area contributed by atoms with Crippen molar-refractivity contribution in [1.82, 2.24) is 15.2 Å². The summed E-state index contributed by atoms with van der Waals surface area (Å²) in [5.41, 5.74) is 12.0. The number of nitrogens with one attached hydrogen (secondary N) is 1. The van der Waals surface area contributed by atoms with E-state index < -0.39 is 0 Å². The average Bonchev–Trinajstić information content (AvgIpc) is 2.87. The van der Waals surface area contributed by atoms with Crippen molar-refractivity contribution in [2.45, 2.75) is 0 Å². The second-order valence-electron chi connectivity index (χ2n) is 3.83. The van der Waals surface area contributed by atoms with E-state index in [1.165, 1.54) is 0 Å². The molecule has 0 saturated heterocycles. The van der Waals surface area contributed by atoms with Crippen LogP contribution in [0.2, 0.25) is 0 Å². The summed E-state index contributed by atoms with van der Waals surface area (Å²) in [7, 11) is 0. The summed E-state index contributed by atoms with van der Waals surface area (Å²) in [5, 5.41) is 6.45. The summed E-state index contributed by atoms with van der Waals surface area (Å²) in [5.74, 6) is 1.38. The summed E-state index contributed by atoms with van der Waals surface area (Å²) in [4.78, 5) is 4.01. The molecule has 0 spiro atoms. The monoisotopic (exact) mass is 263 g/mol. The molecule has 0 aliphatic heterocycles. The van der Waals surface area contributed by atoms with Crippen molar-refractivity contribution in [2.75, 3.05) is 18.9 Å². The predicted molar refractivity (Wildman–Crippen MR) is 70.0 cm³/mol. The molecule has 0 fully saturated rings. The molecule has 100 valence electrons. The van der Waals surface area contributed by atoms with Crippen LogP contribution in [0.5, 0.6) is 5.75 Å². The van der Waals surface area contributed by atoms with E-state index in [-0.39, 0.29) is 19.1 Å². The van der Waals surface area contributed by atoms with E-state index in [1.54, 1.807) is 24.3 Å². The summed E-state index contributed by atoms with van der Waals surface area (Å²) >= 11 is 0. The minimum atomic E-state index is 0.127. The SMILES string of the molecule is NC/C(=C/F)COc1ccc(-c2nc(N)n[nH]2)cc1. The Morgan fingerprint density at radius 3 is 2.63 bits per heavy atom. The van der Waals surface area contributed by atoms with E-state index in [1.807, 2.05) is 0 Å². The molecule has 0 radical (unpaired) electrons. The number of anilines is 1. The van der Waals surface area contributed by atoms with Crippen LogP contribution in [0.4, 0.5) is 10.3 Å². The van der Waals surface area contributed by atoms with Gasteiger partial charge >= 0.3 is 0 Å². The van der Waals surface area contributed by atoms with Gasteiger partial charge in [-0.15, -0.1) is 5.10 Å². The lowest BCUT2D eigenvalue weighted by Crippen LogP contribution is -2.10. The molecule has 0 amide bonds. The Kier molecular flexibility index (Phi) is 4.09. The average molecular weight is 263 g/mol. The van der Waals surface area contributed by atoms with Crippen molar-refractivity contribution in [1.29, 1.82) is 0 Å². The molecule has 2 rings (SSSR count). The highest BCUT2D eigenvalue weighted by atomic mass is 19.1. The zero-order valence-corrected chi connectivity index (χ0v) is 10.1. The highest BCUT2D eigenvalue weighted by Crippen LogP contribution is 2.19. The van der Waals surface area contributed by atoms with Crippen LogP contribution >= 0.6 is 0 Å². The van der Waals surface area contributed by atoms with Gasteiger partial charge in [0.2, 0.25) is 5.95 Å². The Labute approximate surface area is 109 Å². The second-order valence-corrected chi connectivity index (χ2v) is 3.83. The quantitative estimate of drug-likeness (QED) is 0.753. The van der Waals surface area contributed by atoms with Gasteiger partial charge in [-0.2, -0.15) is 4.98 Å². The molecule has 5 N–H and O–H groups in total. The van der Waals surface area contributed by atoms with Gasteiger partial charge in [0, 0.05) is 17.7 Å². The van der Waals surface area contributed by atoms with Gasteiger partial charge in [-0.05, 0) is 24.3 Å². The highest BCUT2D eigenvalue weighted by Gasteiger charge is 2.04. The third kappa shape index (κ3) is 3.29. The fourth-order valence-electron chi connectivity index (χ4n) is 1.42. The maximum Gasteiger partial charge on any atom is 0.239 e. The molecule has 0 unspecified atom stereocenters. The van der Waals surface area contributed by atoms with Crippen LogP contribution in [-0.2, 0) is 0 Å². The van der Waals surface area contributed by atoms with Crippen molar-refractivity contribution < 1.29 is 9.13 Å². The number of benzene rings is 1. The molecule has 7 heteroatoms. The first kappa shape index (κ1) is 13.0. The molecule has 1 heterocycles. The number of aromatic amines is 1. The van der Waals surface area contributed by atoms with Crippen LogP contribution in [0.15, 0.2) is 36.2 Å². The van der Waals surface area contributed by atoms with Crippen molar-refractivity contribution in [3.8, 4) is 17.1 Å². The number of nitrogens with two attached hydrogens (primary N) is 2. The lowest BCUT2D eigenvalue weighted by molar-refractivity contribution is 0.347. The first-order chi connectivity index (χ1) is 9.22. The van der Waals surface area contributed by atoms with Gasteiger partial charge in [0.25, 0.3) is 0 Å². The van der Waals surface area contributed by atoms with Gasteiger partial charge in [0.05, 0.1) is 6.33 Å². The molecular weight excluding hydrogens is 249 g/mol. The van der Waals surface area contributed by atoms with E-state index >= 15 is 0 Å². The summed E-state index contributed by atoms with van der Waals surface area (Å²) in [6, 6.07) is 7.11. The number of ether oxygens (including phenoxy) is 1. The molecule has 6 nitrogen and oxygen atoms in total. The maximum atomic E-state index is 12.3. The molecule has 19 heavy (non-hydrogen) atoms. The minimum absolute atomic E-state index is 0.127. The number of aromatic nitrogens is 3. The van der Waals surface area contributed by atoms with Crippen LogP contribution in [-0.4, -0.2) is 28.3 Å². The Balaban J connectivity index is 2.02. The molecule has 0 bridgehead atoms. The number of rotatable bonds is 5. The number of hydrogen-bond donors (Lipinski definition) is 3. The molecule has 0 atom stereocenters. The van der Waals surface area contributed by atoms with Crippen LogP contribution < -0.4 is 16.2 Å². The fourth-order valence-corrected chi connectivity index (χ4v) is 1.42. The molecule has 0 aliphatic carbocycles. The van der Waals surface area contributed by atoms with Crippen molar-refractivity contribution in [2.24, 2.45) is 5.73 Å². The Morgan fingerprint density at radius 2 is 2.11 bits per heavy atom. The van der Waals surface area contributed by atoms with Crippen LogP contribution in [0.25, 0.3) is 11.4 Å². The maximum absolute atomic E-state index is 12.3. The van der Waals surface area contributed by atoms with E-state index in [4.69, 9.17) is 16.2 Å². The van der Waals surface area contributed by atoms with E-state index in [0.717, 1.165) is 5.56 Å². The molecular formula is C12H14FN5O. The highest BCUT2D eigenvalue weighted by molar-refractivity contribution is 5.56. The molecule has 1 aromatic carbocycles. The lowest BCUT2D eigenvalue weighted by atomic mass is 10.2. The standard InChI is InChI=1S/C12H14FN5O/c13-5-8(6-14)7-19-10-3-1-9(2-4-10)11-16-12(15)18-17-11/h1-5H,6-7,14H2,(H3,15,16,17,18)/b8-5-. The molecule has 0 saturated carbocycles. The molecule has 0 aliphatic rings. The first-order valence-electron chi connectivity index (χ1n) is 5.62. The van der Waals surface area contributed by atoms with Crippen LogP contribution in [0.3, 0.4) is 0 Å². The normalized spacial score (nSPS) is 11.6. The topological polar surface area (TPSA) is 103 Å². The Morgan fingerprint density at radius 1 is 1.37 bits per heavy atom. The minimum Gasteiger partial charge on any atom is -0.489 e. The fraction of sp³-hybridized carbons (Fsp3) is 0.167. The number of nitrogen functional groups attached to an aromatic ring is 1. The second kappa shape index (κ2) is 5.96. The van der Waals surface area contributed by atoms with Crippen LogP contribution in [0, 0.1) is 0 Å². The van der Waals surface area contributed by atoms with Gasteiger partial charge in [-0.25, -0.2) is 4.39 Å². The smallest absolute Gasteiger partial charge is 0.239 e. The van der Waals surface area contributed by atoms with Gasteiger partial charge in [0.15, 0.2) is 5.82 Å². The Hall–Kier alpha value is -2.41. The largest absolute Gasteiger partial charge is 0.489 e. The number of H-pyrrole nitrogens is 1. The predicted octanol–water partition coefficient (Wildman–Crippen LogP) is 1.24. The van der Waals surface area contributed by atoms with E-state index in [2.05, 4.69) is 15.2 Å². The van der Waals surface area contributed by atoms with Gasteiger partial charge < -0.3 is 16.2 Å². The third-order valence-corrected chi connectivity index (χ3v) is 2.47. The van der Waals surface area contributed by atoms with Crippen molar-refractivity contribution in [3.63, 3.8) is 0 Å². The van der Waals surface area contributed by atoms with Crippen molar-refractivity contribution in [3.05, 3.63) is 36.2 Å². The lowest BCUT2D eigenvalue weighted by Gasteiger charge is -2.07. The van der Waals surface area contributed by atoms with E-state index in [0.29, 0.717) is 23.5 Å². The summed E-state index contributed by atoms with van der Waals surface area (Å²) in [6.45, 7) is 0.257. The van der Waals surface area contributed by atoms with Gasteiger partial charge in [0.1, 0.15) is 12.4 Å².